The molecule has 4 nitrogen and oxygen atoms in total. The molecule has 0 spiro atoms. The van der Waals surface area contributed by atoms with Crippen molar-refractivity contribution in [2.45, 2.75) is 26.3 Å². The van der Waals surface area contributed by atoms with Gasteiger partial charge in [-0.15, -0.1) is 0 Å². The highest BCUT2D eigenvalue weighted by molar-refractivity contribution is 6.42. The number of amides is 2. The first-order chi connectivity index (χ1) is 8.43. The molecule has 2 N–H and O–H groups in total. The number of rotatable bonds is 3. The Labute approximate surface area is 116 Å². The van der Waals surface area contributed by atoms with Gasteiger partial charge in [0.2, 0.25) is 0 Å². The summed E-state index contributed by atoms with van der Waals surface area (Å²) in [6.45, 7) is 3.74. The van der Waals surface area contributed by atoms with Crippen molar-refractivity contribution in [1.29, 1.82) is 0 Å². The maximum absolute atomic E-state index is 11.6. The molecule has 1 atom stereocenters. The number of carbonyl (C=O) groups excluding carboxylic acids is 2. The van der Waals surface area contributed by atoms with Crippen molar-refractivity contribution in [2.24, 2.45) is 0 Å². The van der Waals surface area contributed by atoms with Crippen LogP contribution in [-0.4, -0.2) is 17.9 Å². The van der Waals surface area contributed by atoms with Crippen LogP contribution in [0.4, 0.5) is 5.69 Å². The van der Waals surface area contributed by atoms with E-state index in [0.717, 1.165) is 6.42 Å². The number of halogens is 2. The quantitative estimate of drug-likeness (QED) is 0.841. The Morgan fingerprint density at radius 1 is 1.22 bits per heavy atom. The normalized spacial score (nSPS) is 11.8. The second-order valence-electron chi connectivity index (χ2n) is 3.87. The third kappa shape index (κ3) is 4.20. The van der Waals surface area contributed by atoms with Crippen LogP contribution in [0.15, 0.2) is 18.2 Å². The van der Waals surface area contributed by atoms with Crippen LogP contribution in [0.2, 0.25) is 10.0 Å². The third-order valence-electron chi connectivity index (χ3n) is 2.37. The van der Waals surface area contributed by atoms with Crippen LogP contribution in [0, 0.1) is 0 Å². The van der Waals surface area contributed by atoms with Gasteiger partial charge in [-0.1, -0.05) is 30.1 Å². The fourth-order valence-electron chi connectivity index (χ4n) is 1.15. The Bertz CT molecular complexity index is 463. The fourth-order valence-corrected chi connectivity index (χ4v) is 1.45. The summed E-state index contributed by atoms with van der Waals surface area (Å²) in [5.41, 5.74) is 0.425. The van der Waals surface area contributed by atoms with E-state index >= 15 is 0 Å². The maximum Gasteiger partial charge on any atom is 0.313 e. The molecule has 0 saturated carbocycles. The van der Waals surface area contributed by atoms with Gasteiger partial charge in [0, 0.05) is 11.7 Å². The molecule has 1 aromatic rings. The van der Waals surface area contributed by atoms with Crippen molar-refractivity contribution in [3.05, 3.63) is 28.2 Å². The first-order valence-electron chi connectivity index (χ1n) is 5.51. The lowest BCUT2D eigenvalue weighted by Gasteiger charge is -2.11. The molecular weight excluding hydrogens is 275 g/mol. The van der Waals surface area contributed by atoms with Crippen LogP contribution in [-0.2, 0) is 9.59 Å². The number of nitrogens with one attached hydrogen (secondary N) is 2. The molecule has 0 aliphatic rings. The average molecular weight is 289 g/mol. The van der Waals surface area contributed by atoms with Gasteiger partial charge in [-0.3, -0.25) is 9.59 Å². The van der Waals surface area contributed by atoms with Crippen LogP contribution in [0.25, 0.3) is 0 Å². The van der Waals surface area contributed by atoms with Gasteiger partial charge >= 0.3 is 11.8 Å². The third-order valence-corrected chi connectivity index (χ3v) is 3.11. The lowest BCUT2D eigenvalue weighted by atomic mass is 10.2. The molecule has 0 radical (unpaired) electrons. The summed E-state index contributed by atoms with van der Waals surface area (Å²) in [5, 5.41) is 5.71. The second-order valence-corrected chi connectivity index (χ2v) is 4.68. The van der Waals surface area contributed by atoms with E-state index in [-0.39, 0.29) is 6.04 Å². The zero-order valence-corrected chi connectivity index (χ0v) is 11.6. The summed E-state index contributed by atoms with van der Waals surface area (Å²) in [7, 11) is 0. The molecule has 1 rings (SSSR count). The molecule has 18 heavy (non-hydrogen) atoms. The summed E-state index contributed by atoms with van der Waals surface area (Å²) in [4.78, 5) is 23.0. The Balaban J connectivity index is 2.64. The molecule has 98 valence electrons. The van der Waals surface area contributed by atoms with Crippen LogP contribution < -0.4 is 10.6 Å². The molecule has 0 aliphatic heterocycles. The standard InChI is InChI=1S/C12H14Cl2N2O2/c1-3-7(2)15-11(17)12(18)16-8-4-5-9(13)10(14)6-8/h4-7H,3H2,1-2H3,(H,15,17)(H,16,18). The van der Waals surface area contributed by atoms with Crippen molar-refractivity contribution in [3.63, 3.8) is 0 Å². The molecular formula is C12H14Cl2N2O2. The van der Waals surface area contributed by atoms with Crippen molar-refractivity contribution in [2.75, 3.05) is 5.32 Å². The minimum atomic E-state index is -0.728. The molecule has 6 heteroatoms. The lowest BCUT2D eigenvalue weighted by molar-refractivity contribution is -0.136. The molecule has 0 aromatic heterocycles. The highest BCUT2D eigenvalue weighted by Crippen LogP contribution is 2.24. The van der Waals surface area contributed by atoms with E-state index in [1.54, 1.807) is 12.1 Å². The predicted molar refractivity (Wildman–Crippen MR) is 73.0 cm³/mol. The topological polar surface area (TPSA) is 58.2 Å². The maximum atomic E-state index is 11.6. The van der Waals surface area contributed by atoms with Crippen molar-refractivity contribution < 1.29 is 9.59 Å². The van der Waals surface area contributed by atoms with Gasteiger partial charge < -0.3 is 10.6 Å². The van der Waals surface area contributed by atoms with Gasteiger partial charge in [0.05, 0.1) is 10.0 Å². The summed E-state index contributed by atoms with van der Waals surface area (Å²) in [6.07, 6.45) is 0.756. The van der Waals surface area contributed by atoms with E-state index in [0.29, 0.717) is 15.7 Å². The zero-order chi connectivity index (χ0) is 13.7. The Hall–Kier alpha value is -1.26. The minimum Gasteiger partial charge on any atom is -0.345 e. The predicted octanol–water partition coefficient (Wildman–Crippen LogP) is 2.85. The Morgan fingerprint density at radius 3 is 2.44 bits per heavy atom. The molecule has 1 unspecified atom stereocenters. The van der Waals surface area contributed by atoms with Crippen molar-refractivity contribution in [1.82, 2.24) is 5.32 Å². The van der Waals surface area contributed by atoms with Crippen molar-refractivity contribution in [3.8, 4) is 0 Å². The molecule has 0 saturated heterocycles. The number of hydrogen-bond donors (Lipinski definition) is 2. The first kappa shape index (κ1) is 14.8. The second kappa shape index (κ2) is 6.61. The van der Waals surface area contributed by atoms with Crippen LogP contribution >= 0.6 is 23.2 Å². The summed E-state index contributed by atoms with van der Waals surface area (Å²) in [6, 6.07) is 4.56. The largest absolute Gasteiger partial charge is 0.345 e. The first-order valence-corrected chi connectivity index (χ1v) is 6.26. The number of carbonyl (C=O) groups is 2. The number of benzene rings is 1. The zero-order valence-electron chi connectivity index (χ0n) is 10.1. The Morgan fingerprint density at radius 2 is 1.89 bits per heavy atom. The van der Waals surface area contributed by atoms with E-state index in [9.17, 15) is 9.59 Å². The molecule has 0 heterocycles. The Kier molecular flexibility index (Phi) is 5.44. The smallest absolute Gasteiger partial charge is 0.313 e. The van der Waals surface area contributed by atoms with Gasteiger partial charge in [-0.2, -0.15) is 0 Å². The molecule has 0 aliphatic carbocycles. The SMILES string of the molecule is CCC(C)NC(=O)C(=O)Nc1ccc(Cl)c(Cl)c1. The van der Waals surface area contributed by atoms with E-state index in [1.807, 2.05) is 13.8 Å². The van der Waals surface area contributed by atoms with Gasteiger partial charge in [-0.05, 0) is 31.5 Å². The summed E-state index contributed by atoms with van der Waals surface area (Å²) in [5.74, 6) is -1.40. The van der Waals surface area contributed by atoms with Gasteiger partial charge in [-0.25, -0.2) is 0 Å². The molecule has 2 amide bonds. The lowest BCUT2D eigenvalue weighted by Crippen LogP contribution is -2.40. The van der Waals surface area contributed by atoms with Gasteiger partial charge in [0.15, 0.2) is 0 Å². The van der Waals surface area contributed by atoms with E-state index < -0.39 is 11.8 Å². The molecule has 0 fully saturated rings. The van der Waals surface area contributed by atoms with E-state index in [1.165, 1.54) is 6.07 Å². The van der Waals surface area contributed by atoms with Crippen molar-refractivity contribution >= 4 is 40.7 Å². The highest BCUT2D eigenvalue weighted by Gasteiger charge is 2.15. The summed E-state index contributed by atoms with van der Waals surface area (Å²) < 4.78 is 0. The molecule has 1 aromatic carbocycles. The van der Waals surface area contributed by atoms with Gasteiger partial charge in [0.1, 0.15) is 0 Å². The van der Waals surface area contributed by atoms with E-state index in [2.05, 4.69) is 10.6 Å². The van der Waals surface area contributed by atoms with Crippen LogP contribution in [0.1, 0.15) is 20.3 Å². The van der Waals surface area contributed by atoms with Crippen LogP contribution in [0.3, 0.4) is 0 Å². The monoisotopic (exact) mass is 288 g/mol. The number of anilines is 1. The average Bonchev–Trinajstić information content (AvgIpc) is 2.33. The highest BCUT2D eigenvalue weighted by atomic mass is 35.5. The molecule has 0 bridgehead atoms. The fraction of sp³-hybridized carbons (Fsp3) is 0.333. The van der Waals surface area contributed by atoms with Gasteiger partial charge in [0.25, 0.3) is 0 Å². The number of hydrogen-bond acceptors (Lipinski definition) is 2. The van der Waals surface area contributed by atoms with E-state index in [4.69, 9.17) is 23.2 Å². The summed E-state index contributed by atoms with van der Waals surface area (Å²) >= 11 is 11.5. The van der Waals surface area contributed by atoms with Crippen LogP contribution in [0.5, 0.6) is 0 Å². The minimum absolute atomic E-state index is 0.0444.